The first-order chi connectivity index (χ1) is 28.7. The molecule has 5 aliphatic carbocycles. The Hall–Kier alpha value is -6.58. The van der Waals surface area contributed by atoms with Crippen LogP contribution < -0.4 is 0 Å². The van der Waals surface area contributed by atoms with E-state index in [0.29, 0.717) is 0 Å². The molecular formula is C55H39N3. The Balaban J connectivity index is 1.04. The summed E-state index contributed by atoms with van der Waals surface area (Å²) in [5.41, 5.74) is 14.8. The molecule has 274 valence electrons. The van der Waals surface area contributed by atoms with Crippen molar-refractivity contribution in [3.05, 3.63) is 175 Å². The van der Waals surface area contributed by atoms with Crippen LogP contribution in [0.2, 0.25) is 0 Å². The number of hydrogen-bond donors (Lipinski definition) is 0. The van der Waals surface area contributed by atoms with Gasteiger partial charge in [-0.05, 0) is 135 Å². The molecule has 2 aromatic heterocycles. The first kappa shape index (κ1) is 31.5. The highest BCUT2D eigenvalue weighted by Crippen LogP contribution is 2.73. The highest BCUT2D eigenvalue weighted by molar-refractivity contribution is 6.22. The van der Waals surface area contributed by atoms with Crippen molar-refractivity contribution < 1.29 is 0 Å². The van der Waals surface area contributed by atoms with Crippen LogP contribution >= 0.6 is 0 Å². The van der Waals surface area contributed by atoms with E-state index in [1.807, 2.05) is 0 Å². The van der Waals surface area contributed by atoms with Crippen LogP contribution in [0.15, 0.2) is 164 Å². The monoisotopic (exact) mass is 741 g/mol. The molecule has 5 unspecified atom stereocenters. The first-order valence-electron chi connectivity index (χ1n) is 21.2. The van der Waals surface area contributed by atoms with Crippen LogP contribution in [0.3, 0.4) is 0 Å². The average molecular weight is 742 g/mol. The lowest BCUT2D eigenvalue weighted by Gasteiger charge is -2.43. The number of fused-ring (bicyclic) bond motifs is 10. The number of aromatic nitrogens is 3. The molecule has 10 aromatic rings. The second kappa shape index (κ2) is 11.3. The van der Waals surface area contributed by atoms with Crippen LogP contribution in [0, 0.1) is 23.7 Å². The van der Waals surface area contributed by atoms with E-state index in [-0.39, 0.29) is 5.41 Å². The van der Waals surface area contributed by atoms with Crippen LogP contribution in [0.4, 0.5) is 0 Å². The van der Waals surface area contributed by atoms with E-state index < -0.39 is 0 Å². The highest BCUT2D eigenvalue weighted by Gasteiger charge is 2.65. The van der Waals surface area contributed by atoms with Crippen molar-refractivity contribution in [2.24, 2.45) is 23.7 Å². The molecule has 4 bridgehead atoms. The molecule has 2 heterocycles. The smallest absolute Gasteiger partial charge is 0.165 e. The maximum Gasteiger partial charge on any atom is 0.165 e. The van der Waals surface area contributed by atoms with Crippen molar-refractivity contribution >= 4 is 54.4 Å². The molecular weight excluding hydrogens is 703 g/mol. The van der Waals surface area contributed by atoms with Crippen molar-refractivity contribution in [2.45, 2.75) is 31.1 Å². The van der Waals surface area contributed by atoms with Gasteiger partial charge in [-0.2, -0.15) is 0 Å². The van der Waals surface area contributed by atoms with Gasteiger partial charge in [0.2, 0.25) is 0 Å². The normalized spacial score (nSPS) is 22.6. The molecule has 0 radical (unpaired) electrons. The quantitative estimate of drug-likeness (QED) is 0.181. The van der Waals surface area contributed by atoms with Crippen LogP contribution in [0.1, 0.15) is 36.8 Å². The van der Waals surface area contributed by atoms with E-state index >= 15 is 0 Å². The van der Waals surface area contributed by atoms with Gasteiger partial charge in [-0.25, -0.2) is 9.97 Å². The summed E-state index contributed by atoms with van der Waals surface area (Å²) in [5.74, 6) is 4.23. The minimum Gasteiger partial charge on any atom is -0.292 e. The summed E-state index contributed by atoms with van der Waals surface area (Å²) in [4.78, 5) is 11.0. The molecule has 1 spiro atoms. The Bertz CT molecular complexity index is 3400. The summed E-state index contributed by atoms with van der Waals surface area (Å²) < 4.78 is 2.40. The van der Waals surface area contributed by atoms with Crippen LogP contribution in [-0.4, -0.2) is 14.5 Å². The van der Waals surface area contributed by atoms with Gasteiger partial charge in [0.25, 0.3) is 0 Å². The molecule has 5 aliphatic rings. The molecule has 4 saturated carbocycles. The predicted molar refractivity (Wildman–Crippen MR) is 238 cm³/mol. The Morgan fingerprint density at radius 1 is 0.483 bits per heavy atom. The molecule has 58 heavy (non-hydrogen) atoms. The van der Waals surface area contributed by atoms with Gasteiger partial charge in [-0.3, -0.25) is 4.57 Å². The molecule has 15 rings (SSSR count). The minimum absolute atomic E-state index is 0.187. The van der Waals surface area contributed by atoms with Crippen LogP contribution in [0.5, 0.6) is 0 Å². The zero-order valence-corrected chi connectivity index (χ0v) is 32.1. The van der Waals surface area contributed by atoms with Gasteiger partial charge in [0, 0.05) is 21.8 Å². The van der Waals surface area contributed by atoms with E-state index in [9.17, 15) is 0 Å². The lowest BCUT2D eigenvalue weighted by atomic mass is 9.59. The van der Waals surface area contributed by atoms with Crippen molar-refractivity contribution in [1.82, 2.24) is 14.5 Å². The Labute approximate surface area is 336 Å². The van der Waals surface area contributed by atoms with Crippen molar-refractivity contribution in [3.8, 4) is 39.3 Å². The average Bonchev–Trinajstić information content (AvgIpc) is 3.94. The molecule has 5 atom stereocenters. The molecule has 4 fully saturated rings. The number of hydrogen-bond acceptors (Lipinski definition) is 2. The second-order valence-electron chi connectivity index (χ2n) is 17.7. The lowest BCUT2D eigenvalue weighted by Crippen LogP contribution is -2.40. The maximum atomic E-state index is 5.53. The second-order valence-corrected chi connectivity index (χ2v) is 17.7. The number of para-hydroxylation sites is 2. The molecule has 3 nitrogen and oxygen atoms in total. The fourth-order valence-electron chi connectivity index (χ4n) is 13.1. The summed E-state index contributed by atoms with van der Waals surface area (Å²) in [6, 6.07) is 60.9. The van der Waals surface area contributed by atoms with Crippen molar-refractivity contribution in [3.63, 3.8) is 0 Å². The van der Waals surface area contributed by atoms with Crippen LogP contribution in [-0.2, 0) is 5.41 Å². The topological polar surface area (TPSA) is 30.7 Å². The van der Waals surface area contributed by atoms with E-state index in [1.54, 1.807) is 11.1 Å². The third-order valence-corrected chi connectivity index (χ3v) is 15.2. The van der Waals surface area contributed by atoms with E-state index in [0.717, 1.165) is 62.8 Å². The summed E-state index contributed by atoms with van der Waals surface area (Å²) >= 11 is 0. The third-order valence-electron chi connectivity index (χ3n) is 15.2. The Morgan fingerprint density at radius 2 is 1.19 bits per heavy atom. The molecule has 0 aliphatic heterocycles. The fraction of sp³-hybridized carbons (Fsp3) is 0.164. The van der Waals surface area contributed by atoms with Gasteiger partial charge in [0.05, 0.1) is 22.1 Å². The SMILES string of the molecule is c1ccc2c(c1)-c1cc(-c3ccc4c5c6ccccc6ccc5n(-c5nc6ccccc6nc5-c5cccc6ccccc56)c4c3)ccc1C21C2CC3CC(C2)C1C3. The number of benzene rings is 8. The molecule has 8 aromatic carbocycles. The lowest BCUT2D eigenvalue weighted by molar-refractivity contribution is 0.191. The maximum absolute atomic E-state index is 5.53. The third kappa shape index (κ3) is 3.99. The first-order valence-corrected chi connectivity index (χ1v) is 21.2. The van der Waals surface area contributed by atoms with Gasteiger partial charge in [0.15, 0.2) is 5.82 Å². The fourth-order valence-corrected chi connectivity index (χ4v) is 13.1. The molecule has 0 saturated heterocycles. The summed E-state index contributed by atoms with van der Waals surface area (Å²) in [7, 11) is 0. The minimum atomic E-state index is 0.187. The predicted octanol–water partition coefficient (Wildman–Crippen LogP) is 13.7. The standard InChI is InChI=1S/C55H39N3/c1-3-13-39-33(10-1)12-9-16-42(39)53-54(57-49-19-8-7-18-48(49)56-53)58-50-25-22-34-11-2-4-14-40(34)52(50)43-23-20-36(31-51(43)58)35-21-24-46-44(30-35)41-15-5-6-17-45(41)55(46)38-27-32-26-37(29-38)47(55)28-32/h1-25,30-32,37-38,47H,26-29H2. The van der Waals surface area contributed by atoms with Crippen LogP contribution in [0.25, 0.3) is 93.7 Å². The summed E-state index contributed by atoms with van der Waals surface area (Å²) in [5, 5.41) is 7.30. The number of rotatable bonds is 3. The zero-order chi connectivity index (χ0) is 37.7. The zero-order valence-electron chi connectivity index (χ0n) is 32.1. The summed E-state index contributed by atoms with van der Waals surface area (Å²) in [6.45, 7) is 0. The van der Waals surface area contributed by atoms with E-state index in [4.69, 9.17) is 9.97 Å². The van der Waals surface area contributed by atoms with E-state index in [1.165, 1.54) is 80.3 Å². The van der Waals surface area contributed by atoms with Gasteiger partial charge in [-0.1, -0.05) is 133 Å². The largest absolute Gasteiger partial charge is 0.292 e. The molecule has 3 heteroatoms. The van der Waals surface area contributed by atoms with E-state index in [2.05, 4.69) is 168 Å². The van der Waals surface area contributed by atoms with Crippen molar-refractivity contribution in [2.75, 3.05) is 0 Å². The Kier molecular flexibility index (Phi) is 6.13. The van der Waals surface area contributed by atoms with Gasteiger partial charge in [-0.15, -0.1) is 0 Å². The van der Waals surface area contributed by atoms with Gasteiger partial charge >= 0.3 is 0 Å². The van der Waals surface area contributed by atoms with Gasteiger partial charge < -0.3 is 0 Å². The molecule has 0 amide bonds. The van der Waals surface area contributed by atoms with Crippen molar-refractivity contribution in [1.29, 1.82) is 0 Å². The molecule has 0 N–H and O–H groups in total. The van der Waals surface area contributed by atoms with Gasteiger partial charge in [0.1, 0.15) is 5.69 Å². The Morgan fingerprint density at radius 3 is 2.09 bits per heavy atom. The highest BCUT2D eigenvalue weighted by atomic mass is 15.1. The number of nitrogens with zero attached hydrogens (tertiary/aromatic N) is 3. The summed E-state index contributed by atoms with van der Waals surface area (Å²) in [6.07, 6.45) is 5.67.